The molecular formula is C18H18Cl2N4O4S. The summed E-state index contributed by atoms with van der Waals surface area (Å²) in [7, 11) is -2.63. The second-order valence-electron chi connectivity index (χ2n) is 5.90. The van der Waals surface area contributed by atoms with Gasteiger partial charge in [0, 0.05) is 25.2 Å². The summed E-state index contributed by atoms with van der Waals surface area (Å²) >= 11 is 11.9. The lowest BCUT2D eigenvalue weighted by molar-refractivity contribution is -0.121. The van der Waals surface area contributed by atoms with Gasteiger partial charge in [0.15, 0.2) is 0 Å². The number of nitrogens with zero attached hydrogens (tertiary/aromatic N) is 2. The van der Waals surface area contributed by atoms with Crippen LogP contribution in [0, 0.1) is 0 Å². The van der Waals surface area contributed by atoms with Gasteiger partial charge in [0.05, 0.1) is 27.7 Å². The SMILES string of the molecule is CC(=O)Nc1ccc(S(=O)(=O)N(C)CC(=O)N/N=C\c2cccc(Cl)c2Cl)cc1. The minimum absolute atomic E-state index is 0.0175. The number of sulfonamides is 1. The molecule has 0 aliphatic heterocycles. The second kappa shape index (κ2) is 9.84. The number of rotatable bonds is 7. The van der Waals surface area contributed by atoms with Crippen LogP contribution in [0.15, 0.2) is 52.5 Å². The molecule has 0 aliphatic rings. The fraction of sp³-hybridized carbons (Fsp3) is 0.167. The summed E-state index contributed by atoms with van der Waals surface area (Å²) in [5, 5.41) is 6.94. The van der Waals surface area contributed by atoms with Crippen LogP contribution in [0.2, 0.25) is 10.0 Å². The number of anilines is 1. The highest BCUT2D eigenvalue weighted by atomic mass is 35.5. The number of halogens is 2. The lowest BCUT2D eigenvalue weighted by atomic mass is 10.2. The zero-order chi connectivity index (χ0) is 21.6. The maximum absolute atomic E-state index is 12.6. The van der Waals surface area contributed by atoms with E-state index >= 15 is 0 Å². The lowest BCUT2D eigenvalue weighted by Gasteiger charge is -2.16. The van der Waals surface area contributed by atoms with Crippen molar-refractivity contribution < 1.29 is 18.0 Å². The average molecular weight is 457 g/mol. The molecule has 0 saturated heterocycles. The van der Waals surface area contributed by atoms with Crippen LogP contribution in [0.5, 0.6) is 0 Å². The molecule has 0 bridgehead atoms. The molecule has 154 valence electrons. The Morgan fingerprint density at radius 2 is 1.79 bits per heavy atom. The van der Waals surface area contributed by atoms with Gasteiger partial charge < -0.3 is 5.32 Å². The molecule has 0 atom stereocenters. The predicted octanol–water partition coefficient (Wildman–Crippen LogP) is 2.72. The average Bonchev–Trinajstić information content (AvgIpc) is 2.65. The number of hydrogen-bond donors (Lipinski definition) is 2. The van der Waals surface area contributed by atoms with Gasteiger partial charge in [0.1, 0.15) is 0 Å². The fourth-order valence-electron chi connectivity index (χ4n) is 2.21. The Bertz CT molecular complexity index is 1040. The third-order valence-electron chi connectivity index (χ3n) is 3.62. The third kappa shape index (κ3) is 6.26. The highest BCUT2D eigenvalue weighted by Gasteiger charge is 2.22. The molecule has 0 heterocycles. The molecule has 2 N–H and O–H groups in total. The molecule has 0 aromatic heterocycles. The predicted molar refractivity (Wildman–Crippen MR) is 113 cm³/mol. The molecule has 0 radical (unpaired) electrons. The summed E-state index contributed by atoms with van der Waals surface area (Å²) in [4.78, 5) is 23.0. The molecule has 0 spiro atoms. The normalized spacial score (nSPS) is 11.6. The van der Waals surface area contributed by atoms with E-state index in [4.69, 9.17) is 23.2 Å². The van der Waals surface area contributed by atoms with Crippen LogP contribution in [0.1, 0.15) is 12.5 Å². The molecule has 0 saturated carbocycles. The number of benzene rings is 2. The van der Waals surface area contributed by atoms with Crippen molar-refractivity contribution in [2.24, 2.45) is 5.10 Å². The van der Waals surface area contributed by atoms with Gasteiger partial charge in [-0.25, -0.2) is 13.8 Å². The van der Waals surface area contributed by atoms with Crippen molar-refractivity contribution in [2.45, 2.75) is 11.8 Å². The monoisotopic (exact) mass is 456 g/mol. The molecule has 0 unspecified atom stereocenters. The highest BCUT2D eigenvalue weighted by molar-refractivity contribution is 7.89. The van der Waals surface area contributed by atoms with Gasteiger partial charge in [0.25, 0.3) is 5.91 Å². The minimum atomic E-state index is -3.90. The molecule has 2 aromatic rings. The number of amides is 2. The van der Waals surface area contributed by atoms with E-state index in [0.29, 0.717) is 16.3 Å². The van der Waals surface area contributed by atoms with E-state index in [0.717, 1.165) is 4.31 Å². The van der Waals surface area contributed by atoms with Gasteiger partial charge in [-0.2, -0.15) is 9.41 Å². The molecule has 2 aromatic carbocycles. The van der Waals surface area contributed by atoms with Crippen LogP contribution in [0.4, 0.5) is 5.69 Å². The van der Waals surface area contributed by atoms with Gasteiger partial charge in [-0.15, -0.1) is 0 Å². The molecule has 0 aliphatic carbocycles. The first-order chi connectivity index (χ1) is 13.6. The Balaban J connectivity index is 1.99. The molecule has 2 amide bonds. The summed E-state index contributed by atoms with van der Waals surface area (Å²) in [5.41, 5.74) is 3.20. The van der Waals surface area contributed by atoms with Gasteiger partial charge >= 0.3 is 0 Å². The van der Waals surface area contributed by atoms with Crippen molar-refractivity contribution in [1.29, 1.82) is 0 Å². The topological polar surface area (TPSA) is 108 Å². The first-order valence-electron chi connectivity index (χ1n) is 8.21. The summed E-state index contributed by atoms with van der Waals surface area (Å²) in [6.07, 6.45) is 1.31. The maximum atomic E-state index is 12.6. The van der Waals surface area contributed by atoms with Gasteiger partial charge in [-0.3, -0.25) is 9.59 Å². The number of likely N-dealkylation sites (N-methyl/N-ethyl adjacent to an activating group) is 1. The van der Waals surface area contributed by atoms with E-state index in [-0.39, 0.29) is 15.8 Å². The largest absolute Gasteiger partial charge is 0.326 e. The Hall–Kier alpha value is -2.46. The lowest BCUT2D eigenvalue weighted by Crippen LogP contribution is -2.36. The van der Waals surface area contributed by atoms with Crippen molar-refractivity contribution in [3.63, 3.8) is 0 Å². The second-order valence-corrected chi connectivity index (χ2v) is 8.73. The Labute approximate surface area is 178 Å². The molecule has 0 fully saturated rings. The summed E-state index contributed by atoms with van der Waals surface area (Å²) in [6.45, 7) is 0.899. The number of carbonyl (C=O) groups is 2. The maximum Gasteiger partial charge on any atom is 0.255 e. The van der Waals surface area contributed by atoms with Crippen LogP contribution >= 0.6 is 23.2 Å². The van der Waals surface area contributed by atoms with Gasteiger partial charge in [-0.05, 0) is 30.3 Å². The van der Waals surface area contributed by atoms with E-state index in [9.17, 15) is 18.0 Å². The smallest absolute Gasteiger partial charge is 0.255 e. The number of nitrogens with one attached hydrogen (secondary N) is 2. The van der Waals surface area contributed by atoms with Gasteiger partial charge in [0.2, 0.25) is 15.9 Å². The van der Waals surface area contributed by atoms with Crippen LogP contribution in [0.25, 0.3) is 0 Å². The van der Waals surface area contributed by atoms with Crippen LogP contribution in [-0.4, -0.2) is 44.3 Å². The van der Waals surface area contributed by atoms with E-state index < -0.39 is 22.5 Å². The van der Waals surface area contributed by atoms with E-state index in [1.807, 2.05) is 0 Å². The van der Waals surface area contributed by atoms with Crippen molar-refractivity contribution in [3.8, 4) is 0 Å². The molecule has 2 rings (SSSR count). The summed E-state index contributed by atoms with van der Waals surface area (Å²) in [6, 6.07) is 10.5. The Morgan fingerprint density at radius 1 is 1.14 bits per heavy atom. The Morgan fingerprint density at radius 3 is 2.41 bits per heavy atom. The zero-order valence-corrected chi connectivity index (χ0v) is 17.8. The highest BCUT2D eigenvalue weighted by Crippen LogP contribution is 2.24. The standard InChI is InChI=1S/C18H18Cl2N4O4S/c1-12(25)22-14-6-8-15(9-7-14)29(27,28)24(2)11-17(26)23-21-10-13-4-3-5-16(19)18(13)20/h3-10H,11H2,1-2H3,(H,22,25)(H,23,26)/b21-10-. The molecule has 29 heavy (non-hydrogen) atoms. The van der Waals surface area contributed by atoms with Crippen LogP contribution in [0.3, 0.4) is 0 Å². The number of carbonyl (C=O) groups excluding carboxylic acids is 2. The molecule has 11 heteroatoms. The van der Waals surface area contributed by atoms with Crippen molar-refractivity contribution >= 4 is 56.9 Å². The van der Waals surface area contributed by atoms with E-state index in [1.54, 1.807) is 18.2 Å². The van der Waals surface area contributed by atoms with Crippen molar-refractivity contribution in [3.05, 3.63) is 58.1 Å². The summed E-state index contributed by atoms with van der Waals surface area (Å²) in [5.74, 6) is -0.908. The quantitative estimate of drug-likeness (QED) is 0.492. The molecule has 8 nitrogen and oxygen atoms in total. The summed E-state index contributed by atoms with van der Waals surface area (Å²) < 4.78 is 26.0. The van der Waals surface area contributed by atoms with Crippen LogP contribution < -0.4 is 10.7 Å². The first kappa shape index (κ1) is 22.8. The van der Waals surface area contributed by atoms with Crippen molar-refractivity contribution in [1.82, 2.24) is 9.73 Å². The minimum Gasteiger partial charge on any atom is -0.326 e. The Kier molecular flexibility index (Phi) is 7.74. The van der Waals surface area contributed by atoms with E-state index in [2.05, 4.69) is 15.8 Å². The van der Waals surface area contributed by atoms with Crippen LogP contribution in [-0.2, 0) is 19.6 Å². The number of hydrazone groups is 1. The first-order valence-corrected chi connectivity index (χ1v) is 10.4. The van der Waals surface area contributed by atoms with Crippen molar-refractivity contribution in [2.75, 3.05) is 18.9 Å². The van der Waals surface area contributed by atoms with E-state index in [1.165, 1.54) is 44.5 Å². The van der Waals surface area contributed by atoms with Gasteiger partial charge in [-0.1, -0.05) is 35.3 Å². The fourth-order valence-corrected chi connectivity index (χ4v) is 3.69. The zero-order valence-electron chi connectivity index (χ0n) is 15.5. The third-order valence-corrected chi connectivity index (χ3v) is 6.27. The number of hydrogen-bond acceptors (Lipinski definition) is 5. The molecular weight excluding hydrogens is 439 g/mol.